The van der Waals surface area contributed by atoms with E-state index in [1.165, 1.54) is 18.2 Å². The summed E-state index contributed by atoms with van der Waals surface area (Å²) in [4.78, 5) is 16.4. The Morgan fingerprint density at radius 1 is 1.30 bits per heavy atom. The number of aromatic nitrogens is 1. The highest BCUT2D eigenvalue weighted by Crippen LogP contribution is 2.27. The van der Waals surface area contributed by atoms with Gasteiger partial charge in [-0.25, -0.2) is 9.37 Å². The highest BCUT2D eigenvalue weighted by molar-refractivity contribution is 9.10. The van der Waals surface area contributed by atoms with Crippen LogP contribution in [0.2, 0.25) is 0 Å². The Morgan fingerprint density at radius 3 is 2.95 bits per heavy atom. The number of anilines is 1. The van der Waals surface area contributed by atoms with Crippen LogP contribution in [0.3, 0.4) is 0 Å². The average Bonchev–Trinajstić information content (AvgIpc) is 2.87. The zero-order chi connectivity index (χ0) is 14.1. The molecule has 3 rings (SSSR count). The summed E-state index contributed by atoms with van der Waals surface area (Å²) in [5, 5.41) is 5.58. The molecule has 6 heteroatoms. The molecule has 0 bridgehead atoms. The van der Waals surface area contributed by atoms with E-state index in [0.717, 1.165) is 10.1 Å². The lowest BCUT2D eigenvalue weighted by molar-refractivity contribution is 0.102. The zero-order valence-corrected chi connectivity index (χ0v) is 12.5. The molecule has 0 aliphatic heterocycles. The van der Waals surface area contributed by atoms with Crippen LogP contribution < -0.4 is 5.32 Å². The zero-order valence-electron chi connectivity index (χ0n) is 10.1. The maximum absolute atomic E-state index is 13.0. The molecule has 3 nitrogen and oxygen atoms in total. The van der Waals surface area contributed by atoms with Crippen LogP contribution in [0, 0.1) is 5.82 Å². The van der Waals surface area contributed by atoms with Crippen molar-refractivity contribution in [2.24, 2.45) is 0 Å². The van der Waals surface area contributed by atoms with Crippen LogP contribution in [0.25, 0.3) is 10.1 Å². The SMILES string of the molecule is O=C(Nc1nccc2sccc12)c1ccc(F)cc1Br. The number of amides is 1. The highest BCUT2D eigenvalue weighted by atomic mass is 79.9. The van der Waals surface area contributed by atoms with Crippen molar-refractivity contribution in [1.29, 1.82) is 0 Å². The van der Waals surface area contributed by atoms with Gasteiger partial charge in [-0.2, -0.15) is 0 Å². The Kier molecular flexibility index (Phi) is 3.50. The van der Waals surface area contributed by atoms with Crippen LogP contribution in [0.1, 0.15) is 10.4 Å². The third-order valence-electron chi connectivity index (χ3n) is 2.79. The molecule has 0 saturated heterocycles. The molecule has 0 atom stereocenters. The first-order valence-corrected chi connectivity index (χ1v) is 7.41. The lowest BCUT2D eigenvalue weighted by atomic mass is 10.2. The van der Waals surface area contributed by atoms with Gasteiger partial charge in [0.05, 0.1) is 5.56 Å². The molecule has 0 saturated carbocycles. The quantitative estimate of drug-likeness (QED) is 0.741. The maximum Gasteiger partial charge on any atom is 0.257 e. The van der Waals surface area contributed by atoms with Crippen LogP contribution in [0.15, 0.2) is 46.4 Å². The first-order valence-electron chi connectivity index (χ1n) is 5.74. The molecule has 0 radical (unpaired) electrons. The molecule has 0 spiro atoms. The van der Waals surface area contributed by atoms with E-state index in [0.29, 0.717) is 15.9 Å². The minimum Gasteiger partial charge on any atom is -0.306 e. The monoisotopic (exact) mass is 350 g/mol. The Balaban J connectivity index is 1.94. The molecular weight excluding hydrogens is 343 g/mol. The van der Waals surface area contributed by atoms with Gasteiger partial charge >= 0.3 is 0 Å². The van der Waals surface area contributed by atoms with Crippen molar-refractivity contribution >= 4 is 49.1 Å². The number of hydrogen-bond donors (Lipinski definition) is 1. The molecule has 100 valence electrons. The van der Waals surface area contributed by atoms with Crippen molar-refractivity contribution in [2.75, 3.05) is 5.32 Å². The molecule has 2 aromatic heterocycles. The van der Waals surface area contributed by atoms with E-state index in [9.17, 15) is 9.18 Å². The summed E-state index contributed by atoms with van der Waals surface area (Å²) < 4.78 is 14.5. The summed E-state index contributed by atoms with van der Waals surface area (Å²) in [6, 6.07) is 7.74. The van der Waals surface area contributed by atoms with Gasteiger partial charge in [-0.15, -0.1) is 11.3 Å². The van der Waals surface area contributed by atoms with Gasteiger partial charge in [0.2, 0.25) is 0 Å². The van der Waals surface area contributed by atoms with E-state index in [1.54, 1.807) is 17.5 Å². The fraction of sp³-hybridized carbons (Fsp3) is 0. The Labute approximate surface area is 126 Å². The number of carbonyl (C=O) groups is 1. The van der Waals surface area contributed by atoms with Gasteiger partial charge < -0.3 is 5.32 Å². The molecule has 20 heavy (non-hydrogen) atoms. The van der Waals surface area contributed by atoms with E-state index in [-0.39, 0.29) is 5.91 Å². The lowest BCUT2D eigenvalue weighted by Gasteiger charge is -2.07. The summed E-state index contributed by atoms with van der Waals surface area (Å²) >= 11 is 4.76. The molecule has 0 aliphatic rings. The van der Waals surface area contributed by atoms with E-state index >= 15 is 0 Å². The van der Waals surface area contributed by atoms with Crippen LogP contribution >= 0.6 is 27.3 Å². The summed E-state index contributed by atoms with van der Waals surface area (Å²) in [7, 11) is 0. The standard InChI is InChI=1S/C14H8BrFN2OS/c15-11-7-8(16)1-2-9(11)14(19)18-13-10-4-6-20-12(10)3-5-17-13/h1-7H,(H,17,18,19). The van der Waals surface area contributed by atoms with Gasteiger partial charge in [0, 0.05) is 20.8 Å². The third-order valence-corrected chi connectivity index (χ3v) is 4.33. The number of thiophene rings is 1. The van der Waals surface area contributed by atoms with E-state index in [4.69, 9.17) is 0 Å². The normalized spacial score (nSPS) is 10.7. The fourth-order valence-electron chi connectivity index (χ4n) is 1.84. The molecule has 0 fully saturated rings. The number of hydrogen-bond acceptors (Lipinski definition) is 3. The largest absolute Gasteiger partial charge is 0.306 e. The average molecular weight is 351 g/mol. The van der Waals surface area contributed by atoms with Gasteiger partial charge in [0.1, 0.15) is 11.6 Å². The molecule has 1 amide bonds. The summed E-state index contributed by atoms with van der Waals surface area (Å²) in [6.45, 7) is 0. The van der Waals surface area contributed by atoms with Gasteiger partial charge in [-0.1, -0.05) is 0 Å². The van der Waals surface area contributed by atoms with Gasteiger partial charge in [0.15, 0.2) is 0 Å². The van der Waals surface area contributed by atoms with E-state index < -0.39 is 5.82 Å². The number of nitrogens with zero attached hydrogens (tertiary/aromatic N) is 1. The summed E-state index contributed by atoms with van der Waals surface area (Å²) in [6.07, 6.45) is 1.65. The Bertz CT molecular complexity index is 803. The molecule has 1 aromatic carbocycles. The number of halogens is 2. The van der Waals surface area contributed by atoms with E-state index in [1.807, 2.05) is 17.5 Å². The third kappa shape index (κ3) is 2.44. The lowest BCUT2D eigenvalue weighted by Crippen LogP contribution is -2.13. The van der Waals surface area contributed by atoms with Gasteiger partial charge in [-0.3, -0.25) is 4.79 Å². The molecule has 2 heterocycles. The minimum atomic E-state index is -0.397. The molecular formula is C14H8BrFN2OS. The highest BCUT2D eigenvalue weighted by Gasteiger charge is 2.13. The molecule has 3 aromatic rings. The second kappa shape index (κ2) is 5.30. The molecule has 0 aliphatic carbocycles. The van der Waals surface area contributed by atoms with Crippen LogP contribution in [0.5, 0.6) is 0 Å². The number of rotatable bonds is 2. The maximum atomic E-state index is 13.0. The van der Waals surface area contributed by atoms with Crippen molar-refractivity contribution in [2.45, 2.75) is 0 Å². The number of nitrogens with one attached hydrogen (secondary N) is 1. The van der Waals surface area contributed by atoms with Crippen LogP contribution in [-0.2, 0) is 0 Å². The van der Waals surface area contributed by atoms with Crippen molar-refractivity contribution in [3.8, 4) is 0 Å². The summed E-state index contributed by atoms with van der Waals surface area (Å²) in [5.41, 5.74) is 0.362. The topological polar surface area (TPSA) is 42.0 Å². The predicted molar refractivity (Wildman–Crippen MR) is 81.7 cm³/mol. The van der Waals surface area contributed by atoms with Gasteiger partial charge in [0.25, 0.3) is 5.91 Å². The Hall–Kier alpha value is -1.79. The predicted octanol–water partition coefficient (Wildman–Crippen LogP) is 4.45. The van der Waals surface area contributed by atoms with Gasteiger partial charge in [-0.05, 0) is 51.6 Å². The first-order chi connectivity index (χ1) is 9.65. The van der Waals surface area contributed by atoms with Crippen molar-refractivity contribution in [3.63, 3.8) is 0 Å². The van der Waals surface area contributed by atoms with Crippen molar-refractivity contribution in [1.82, 2.24) is 4.98 Å². The molecule has 1 N–H and O–H groups in total. The first kappa shape index (κ1) is 13.2. The second-order valence-corrected chi connectivity index (χ2v) is 5.87. The van der Waals surface area contributed by atoms with Crippen LogP contribution in [-0.4, -0.2) is 10.9 Å². The number of benzene rings is 1. The number of pyridine rings is 1. The molecule has 0 unspecified atom stereocenters. The minimum absolute atomic E-state index is 0.330. The van der Waals surface area contributed by atoms with Crippen molar-refractivity contribution < 1.29 is 9.18 Å². The fourth-order valence-corrected chi connectivity index (χ4v) is 3.16. The number of carbonyl (C=O) groups excluding carboxylic acids is 1. The van der Waals surface area contributed by atoms with Crippen molar-refractivity contribution in [3.05, 3.63) is 57.8 Å². The summed E-state index contributed by atoms with van der Waals surface area (Å²) in [5.74, 6) is -0.223. The van der Waals surface area contributed by atoms with Crippen LogP contribution in [0.4, 0.5) is 10.2 Å². The Morgan fingerprint density at radius 2 is 2.15 bits per heavy atom. The van der Waals surface area contributed by atoms with E-state index in [2.05, 4.69) is 26.2 Å². The second-order valence-electron chi connectivity index (χ2n) is 4.07. The smallest absolute Gasteiger partial charge is 0.257 e. The number of fused-ring (bicyclic) bond motifs is 1.